The van der Waals surface area contributed by atoms with E-state index in [9.17, 15) is 4.79 Å². The van der Waals surface area contributed by atoms with Crippen molar-refractivity contribution < 1.29 is 4.79 Å². The summed E-state index contributed by atoms with van der Waals surface area (Å²) in [6.07, 6.45) is 4.75. The molecule has 2 aromatic heterocycles. The fraction of sp³-hybridized carbons (Fsp3) is 0.353. The Balaban J connectivity index is 1.64. The highest BCUT2D eigenvalue weighted by atomic mass is 35.5. The van der Waals surface area contributed by atoms with Crippen molar-refractivity contribution in [1.29, 1.82) is 0 Å². The van der Waals surface area contributed by atoms with Crippen LogP contribution in [-0.4, -0.2) is 29.0 Å². The van der Waals surface area contributed by atoms with E-state index in [4.69, 9.17) is 11.6 Å². The SMILES string of the molecule is O=C(Nc1cccc(CC2CCNCC2)n1)c1ccc(Cl)cn1. The Morgan fingerprint density at radius 2 is 2.09 bits per heavy atom. The maximum Gasteiger partial charge on any atom is 0.275 e. The van der Waals surface area contributed by atoms with Crippen LogP contribution < -0.4 is 10.6 Å². The first-order valence-corrected chi connectivity index (χ1v) is 8.18. The molecule has 2 N–H and O–H groups in total. The van der Waals surface area contributed by atoms with Crippen LogP contribution in [0.5, 0.6) is 0 Å². The van der Waals surface area contributed by atoms with Crippen molar-refractivity contribution in [2.24, 2.45) is 5.92 Å². The van der Waals surface area contributed by atoms with E-state index in [-0.39, 0.29) is 5.91 Å². The molecule has 1 aliphatic heterocycles. The van der Waals surface area contributed by atoms with Crippen molar-refractivity contribution >= 4 is 23.3 Å². The average molecular weight is 331 g/mol. The van der Waals surface area contributed by atoms with Gasteiger partial charge in [0.15, 0.2) is 0 Å². The van der Waals surface area contributed by atoms with E-state index in [1.165, 1.54) is 19.0 Å². The highest BCUT2D eigenvalue weighted by molar-refractivity contribution is 6.30. The number of pyridine rings is 2. The van der Waals surface area contributed by atoms with Crippen LogP contribution in [-0.2, 0) is 6.42 Å². The third-order valence-electron chi connectivity index (χ3n) is 3.96. The van der Waals surface area contributed by atoms with Gasteiger partial charge in [-0.2, -0.15) is 0 Å². The lowest BCUT2D eigenvalue weighted by Gasteiger charge is -2.22. The highest BCUT2D eigenvalue weighted by Crippen LogP contribution is 2.18. The largest absolute Gasteiger partial charge is 0.317 e. The molecule has 120 valence electrons. The smallest absolute Gasteiger partial charge is 0.275 e. The molecular formula is C17H19ClN4O. The zero-order chi connectivity index (χ0) is 16.1. The monoisotopic (exact) mass is 330 g/mol. The van der Waals surface area contributed by atoms with Gasteiger partial charge in [0.2, 0.25) is 0 Å². The molecule has 1 aliphatic rings. The lowest BCUT2D eigenvalue weighted by atomic mass is 9.93. The molecule has 6 heteroatoms. The maximum atomic E-state index is 12.2. The molecule has 1 fully saturated rings. The van der Waals surface area contributed by atoms with Gasteiger partial charge in [-0.1, -0.05) is 17.7 Å². The fourth-order valence-corrected chi connectivity index (χ4v) is 2.85. The molecule has 0 aromatic carbocycles. The molecule has 5 nitrogen and oxygen atoms in total. The second kappa shape index (κ2) is 7.53. The summed E-state index contributed by atoms with van der Waals surface area (Å²) < 4.78 is 0. The lowest BCUT2D eigenvalue weighted by molar-refractivity contribution is 0.102. The van der Waals surface area contributed by atoms with Crippen molar-refractivity contribution in [1.82, 2.24) is 15.3 Å². The number of halogens is 1. The van der Waals surface area contributed by atoms with Gasteiger partial charge < -0.3 is 10.6 Å². The standard InChI is InChI=1S/C17H19ClN4O/c18-13-4-5-15(20-11-13)17(23)22-16-3-1-2-14(21-16)10-12-6-8-19-9-7-12/h1-5,11-12,19H,6-10H2,(H,21,22,23). The third-order valence-corrected chi connectivity index (χ3v) is 4.19. The van der Waals surface area contributed by atoms with Gasteiger partial charge in [-0.05, 0) is 62.5 Å². The molecule has 0 bridgehead atoms. The number of aromatic nitrogens is 2. The maximum absolute atomic E-state index is 12.2. The van der Waals surface area contributed by atoms with Crippen molar-refractivity contribution in [2.75, 3.05) is 18.4 Å². The van der Waals surface area contributed by atoms with Crippen molar-refractivity contribution in [3.8, 4) is 0 Å². The Labute approximate surface area is 140 Å². The van der Waals surface area contributed by atoms with Gasteiger partial charge in [0.25, 0.3) is 5.91 Å². The van der Waals surface area contributed by atoms with E-state index in [1.807, 2.05) is 12.1 Å². The summed E-state index contributed by atoms with van der Waals surface area (Å²) in [4.78, 5) is 20.7. The number of hydrogen-bond acceptors (Lipinski definition) is 4. The number of nitrogens with one attached hydrogen (secondary N) is 2. The first kappa shape index (κ1) is 15.9. The van der Waals surface area contributed by atoms with E-state index in [2.05, 4.69) is 20.6 Å². The Morgan fingerprint density at radius 1 is 1.26 bits per heavy atom. The Kier molecular flexibility index (Phi) is 5.20. The van der Waals surface area contributed by atoms with E-state index >= 15 is 0 Å². The zero-order valence-electron chi connectivity index (χ0n) is 12.8. The van der Waals surface area contributed by atoms with Gasteiger partial charge in [-0.3, -0.25) is 4.79 Å². The van der Waals surface area contributed by atoms with Gasteiger partial charge in [0, 0.05) is 11.9 Å². The van der Waals surface area contributed by atoms with Crippen LogP contribution >= 0.6 is 11.6 Å². The Bertz CT molecular complexity index is 669. The van der Waals surface area contributed by atoms with Crippen molar-refractivity contribution in [3.05, 3.63) is 52.9 Å². The quantitative estimate of drug-likeness (QED) is 0.904. The zero-order valence-corrected chi connectivity index (χ0v) is 13.5. The van der Waals surface area contributed by atoms with Gasteiger partial charge in [0.1, 0.15) is 11.5 Å². The van der Waals surface area contributed by atoms with Crippen LogP contribution in [0.1, 0.15) is 29.0 Å². The van der Waals surface area contributed by atoms with Crippen molar-refractivity contribution in [3.63, 3.8) is 0 Å². The van der Waals surface area contributed by atoms with E-state index in [1.54, 1.807) is 18.2 Å². The van der Waals surface area contributed by atoms with Crippen LogP contribution in [0.15, 0.2) is 36.5 Å². The van der Waals surface area contributed by atoms with E-state index in [0.717, 1.165) is 25.2 Å². The lowest BCUT2D eigenvalue weighted by Crippen LogP contribution is -2.28. The molecule has 0 saturated carbocycles. The summed E-state index contributed by atoms with van der Waals surface area (Å²) in [6.45, 7) is 2.15. The molecule has 0 spiro atoms. The number of rotatable bonds is 4. The summed E-state index contributed by atoms with van der Waals surface area (Å²) in [7, 11) is 0. The molecule has 3 heterocycles. The fourth-order valence-electron chi connectivity index (χ4n) is 2.73. The number of anilines is 1. The Hall–Kier alpha value is -1.98. The van der Waals surface area contributed by atoms with Crippen LogP contribution in [0.4, 0.5) is 5.82 Å². The molecule has 0 radical (unpaired) electrons. The molecule has 0 atom stereocenters. The highest BCUT2D eigenvalue weighted by Gasteiger charge is 2.15. The minimum atomic E-state index is -0.284. The molecule has 23 heavy (non-hydrogen) atoms. The number of amides is 1. The molecule has 1 amide bonds. The average Bonchev–Trinajstić information content (AvgIpc) is 2.57. The van der Waals surface area contributed by atoms with Gasteiger partial charge in [-0.25, -0.2) is 9.97 Å². The summed E-state index contributed by atoms with van der Waals surface area (Å²) in [5.41, 5.74) is 1.33. The molecule has 1 saturated heterocycles. The second-order valence-corrected chi connectivity index (χ2v) is 6.16. The van der Waals surface area contributed by atoms with E-state index < -0.39 is 0 Å². The molecule has 3 rings (SSSR count). The van der Waals surface area contributed by atoms with Crippen LogP contribution in [0.2, 0.25) is 5.02 Å². The number of nitrogens with zero attached hydrogens (tertiary/aromatic N) is 2. The second-order valence-electron chi connectivity index (χ2n) is 5.73. The molecular weight excluding hydrogens is 312 g/mol. The topological polar surface area (TPSA) is 66.9 Å². The minimum Gasteiger partial charge on any atom is -0.317 e. The molecule has 0 aliphatic carbocycles. The van der Waals surface area contributed by atoms with Crippen LogP contribution in [0.3, 0.4) is 0 Å². The summed E-state index contributed by atoms with van der Waals surface area (Å²) in [5, 5.41) is 6.66. The normalized spacial score (nSPS) is 15.3. The minimum absolute atomic E-state index is 0.284. The molecule has 0 unspecified atom stereocenters. The predicted octanol–water partition coefficient (Wildman–Crippen LogP) is 2.92. The number of carbonyl (C=O) groups excluding carboxylic acids is 1. The summed E-state index contributed by atoms with van der Waals surface area (Å²) in [6, 6.07) is 8.97. The number of hydrogen-bond donors (Lipinski definition) is 2. The van der Waals surface area contributed by atoms with E-state index in [0.29, 0.717) is 22.5 Å². The van der Waals surface area contributed by atoms with Crippen LogP contribution in [0.25, 0.3) is 0 Å². The first-order chi connectivity index (χ1) is 11.2. The number of carbonyl (C=O) groups is 1. The van der Waals surface area contributed by atoms with Crippen molar-refractivity contribution in [2.45, 2.75) is 19.3 Å². The van der Waals surface area contributed by atoms with Gasteiger partial charge in [0.05, 0.1) is 5.02 Å². The number of piperidine rings is 1. The van der Waals surface area contributed by atoms with Gasteiger partial charge >= 0.3 is 0 Å². The predicted molar refractivity (Wildman–Crippen MR) is 90.7 cm³/mol. The Morgan fingerprint density at radius 3 is 2.83 bits per heavy atom. The van der Waals surface area contributed by atoms with Gasteiger partial charge in [-0.15, -0.1) is 0 Å². The summed E-state index contributed by atoms with van der Waals surface area (Å²) >= 11 is 5.78. The molecule has 2 aromatic rings. The first-order valence-electron chi connectivity index (χ1n) is 7.80. The summed E-state index contributed by atoms with van der Waals surface area (Å²) in [5.74, 6) is 0.930. The third kappa shape index (κ3) is 4.50. The van der Waals surface area contributed by atoms with Crippen LogP contribution in [0, 0.1) is 5.92 Å².